The van der Waals surface area contributed by atoms with E-state index in [1.807, 2.05) is 6.07 Å². The maximum absolute atomic E-state index is 11.9. The van der Waals surface area contributed by atoms with E-state index in [9.17, 15) is 8.78 Å². The molecule has 0 aliphatic heterocycles. The number of rotatable bonds is 3. The molecule has 80 valence electrons. The van der Waals surface area contributed by atoms with Gasteiger partial charge in [0, 0.05) is 15.6 Å². The molecule has 0 saturated heterocycles. The third-order valence-corrected chi connectivity index (χ3v) is 2.27. The highest BCUT2D eigenvalue weighted by molar-refractivity contribution is 6.36. The van der Waals surface area contributed by atoms with Gasteiger partial charge in [0.25, 0.3) is 0 Å². The highest BCUT2D eigenvalue weighted by atomic mass is 35.5. The fourth-order valence-electron chi connectivity index (χ4n) is 0.999. The molecule has 1 aromatic carbocycles. The van der Waals surface area contributed by atoms with Crippen molar-refractivity contribution in [3.63, 3.8) is 0 Å². The van der Waals surface area contributed by atoms with Gasteiger partial charge >= 0.3 is 6.61 Å². The summed E-state index contributed by atoms with van der Waals surface area (Å²) in [6.07, 6.45) is 0.0205. The summed E-state index contributed by atoms with van der Waals surface area (Å²) in [4.78, 5) is 0. The first-order valence-corrected chi connectivity index (χ1v) is 4.60. The molecule has 0 bridgehead atoms. The Bertz CT molecular complexity index is 381. The first kappa shape index (κ1) is 12.0. The molecule has 0 N–H and O–H groups in total. The summed E-state index contributed by atoms with van der Waals surface area (Å²) in [5, 5.41) is 8.74. The van der Waals surface area contributed by atoms with Gasteiger partial charge in [0.15, 0.2) is 0 Å². The minimum Gasteiger partial charge on any atom is -0.435 e. The standard InChI is InChI=1S/C9H5Cl2F2NO/c10-7-3-5(15-9(12)13)4-8(11)6(7)1-2-14/h3-4,9H,1H2. The molecule has 0 fully saturated rings. The lowest BCUT2D eigenvalue weighted by atomic mass is 10.1. The summed E-state index contributed by atoms with van der Waals surface area (Å²) >= 11 is 11.5. The molecular weight excluding hydrogens is 247 g/mol. The van der Waals surface area contributed by atoms with Gasteiger partial charge in [0.05, 0.1) is 12.5 Å². The second-order valence-corrected chi connectivity index (χ2v) is 3.39. The van der Waals surface area contributed by atoms with Crippen LogP contribution in [-0.2, 0) is 6.42 Å². The molecular formula is C9H5Cl2F2NO. The Morgan fingerprint density at radius 3 is 2.27 bits per heavy atom. The monoisotopic (exact) mass is 251 g/mol. The van der Waals surface area contributed by atoms with Crippen molar-refractivity contribution >= 4 is 23.2 Å². The van der Waals surface area contributed by atoms with Crippen LogP contribution in [0.25, 0.3) is 0 Å². The molecule has 0 aliphatic carbocycles. The van der Waals surface area contributed by atoms with E-state index in [0.717, 1.165) is 0 Å². The van der Waals surface area contributed by atoms with E-state index in [2.05, 4.69) is 4.74 Å². The summed E-state index contributed by atoms with van der Waals surface area (Å²) in [6, 6.07) is 4.27. The molecule has 6 heteroatoms. The van der Waals surface area contributed by atoms with Gasteiger partial charge < -0.3 is 4.74 Å². The molecule has 1 aromatic rings. The lowest BCUT2D eigenvalue weighted by molar-refractivity contribution is -0.0498. The Labute approximate surface area is 95.0 Å². The quantitative estimate of drug-likeness (QED) is 0.822. The van der Waals surface area contributed by atoms with Gasteiger partial charge in [-0.15, -0.1) is 0 Å². The average molecular weight is 252 g/mol. The first-order valence-electron chi connectivity index (χ1n) is 3.84. The van der Waals surface area contributed by atoms with E-state index in [-0.39, 0.29) is 22.2 Å². The number of benzene rings is 1. The van der Waals surface area contributed by atoms with Crippen molar-refractivity contribution in [1.82, 2.24) is 0 Å². The molecule has 1 rings (SSSR count). The van der Waals surface area contributed by atoms with Crippen LogP contribution < -0.4 is 4.74 Å². The van der Waals surface area contributed by atoms with Gasteiger partial charge in [-0.2, -0.15) is 14.0 Å². The molecule has 0 aromatic heterocycles. The number of nitrogens with zero attached hydrogens (tertiary/aromatic N) is 1. The molecule has 0 saturated carbocycles. The lowest BCUT2D eigenvalue weighted by Crippen LogP contribution is -2.02. The van der Waals surface area contributed by atoms with Crippen LogP contribution in [0.2, 0.25) is 10.0 Å². The maximum Gasteiger partial charge on any atom is 0.387 e. The third-order valence-electron chi connectivity index (χ3n) is 1.60. The highest BCUT2D eigenvalue weighted by Gasteiger charge is 2.11. The van der Waals surface area contributed by atoms with Crippen molar-refractivity contribution in [2.75, 3.05) is 0 Å². The third kappa shape index (κ3) is 3.22. The Hall–Kier alpha value is -1.05. The van der Waals surface area contributed by atoms with Gasteiger partial charge in [-0.25, -0.2) is 0 Å². The minimum atomic E-state index is -2.93. The van der Waals surface area contributed by atoms with Crippen molar-refractivity contribution in [3.05, 3.63) is 27.7 Å². The van der Waals surface area contributed by atoms with Crippen LogP contribution in [0, 0.1) is 11.3 Å². The normalized spacial score (nSPS) is 10.1. The van der Waals surface area contributed by atoms with Crippen molar-refractivity contribution in [3.8, 4) is 11.8 Å². The molecule has 0 spiro atoms. The molecule has 0 radical (unpaired) electrons. The summed E-state index contributed by atoms with van der Waals surface area (Å²) < 4.78 is 27.9. The zero-order valence-electron chi connectivity index (χ0n) is 7.31. The van der Waals surface area contributed by atoms with Crippen molar-refractivity contribution < 1.29 is 13.5 Å². The van der Waals surface area contributed by atoms with E-state index >= 15 is 0 Å². The van der Waals surface area contributed by atoms with Crippen molar-refractivity contribution in [2.45, 2.75) is 13.0 Å². The van der Waals surface area contributed by atoms with E-state index in [1.165, 1.54) is 12.1 Å². The van der Waals surface area contributed by atoms with Gasteiger partial charge in [-0.1, -0.05) is 23.2 Å². The average Bonchev–Trinajstić information content (AvgIpc) is 2.10. The Kier molecular flexibility index (Phi) is 4.13. The lowest BCUT2D eigenvalue weighted by Gasteiger charge is -2.08. The molecule has 0 amide bonds. The molecule has 0 unspecified atom stereocenters. The summed E-state index contributed by atoms with van der Waals surface area (Å²) in [5.41, 5.74) is 0.405. The Morgan fingerprint density at radius 1 is 1.33 bits per heavy atom. The number of hydrogen-bond donors (Lipinski definition) is 0. The van der Waals surface area contributed by atoms with Crippen LogP contribution in [0.15, 0.2) is 12.1 Å². The second kappa shape index (κ2) is 5.15. The van der Waals surface area contributed by atoms with Crippen molar-refractivity contribution in [2.24, 2.45) is 0 Å². The summed E-state index contributed by atoms with van der Waals surface area (Å²) in [6.45, 7) is -2.93. The highest BCUT2D eigenvalue weighted by Crippen LogP contribution is 2.31. The van der Waals surface area contributed by atoms with E-state index in [1.54, 1.807) is 0 Å². The Balaban J connectivity index is 3.03. The van der Waals surface area contributed by atoms with Crippen LogP contribution in [0.5, 0.6) is 5.75 Å². The van der Waals surface area contributed by atoms with Gasteiger partial charge in [-0.3, -0.25) is 0 Å². The van der Waals surface area contributed by atoms with Gasteiger partial charge in [0.1, 0.15) is 5.75 Å². The zero-order chi connectivity index (χ0) is 11.4. The zero-order valence-corrected chi connectivity index (χ0v) is 8.82. The molecule has 0 atom stereocenters. The number of nitriles is 1. The fraction of sp³-hybridized carbons (Fsp3) is 0.222. The summed E-state index contributed by atoms with van der Waals surface area (Å²) in [7, 11) is 0. The number of alkyl halides is 2. The predicted octanol–water partition coefficient (Wildman–Crippen LogP) is 3.66. The van der Waals surface area contributed by atoms with Gasteiger partial charge in [-0.05, 0) is 12.1 Å². The van der Waals surface area contributed by atoms with Crippen LogP contribution in [-0.4, -0.2) is 6.61 Å². The largest absolute Gasteiger partial charge is 0.435 e. The van der Waals surface area contributed by atoms with Crippen LogP contribution in [0.4, 0.5) is 8.78 Å². The Morgan fingerprint density at radius 2 is 1.87 bits per heavy atom. The minimum absolute atomic E-state index is 0.0205. The van der Waals surface area contributed by atoms with E-state index in [4.69, 9.17) is 28.5 Å². The molecule has 2 nitrogen and oxygen atoms in total. The molecule has 0 aliphatic rings. The first-order chi connectivity index (χ1) is 7.04. The number of ether oxygens (including phenoxy) is 1. The van der Waals surface area contributed by atoms with Crippen LogP contribution >= 0.6 is 23.2 Å². The van der Waals surface area contributed by atoms with Gasteiger partial charge in [0.2, 0.25) is 0 Å². The van der Waals surface area contributed by atoms with Crippen molar-refractivity contribution in [1.29, 1.82) is 5.26 Å². The second-order valence-electron chi connectivity index (χ2n) is 2.58. The fourth-order valence-corrected chi connectivity index (χ4v) is 1.60. The molecule has 15 heavy (non-hydrogen) atoms. The summed E-state index contributed by atoms with van der Waals surface area (Å²) in [5.74, 6) is -0.123. The van der Waals surface area contributed by atoms with E-state index in [0.29, 0.717) is 5.56 Å². The number of halogens is 4. The maximum atomic E-state index is 11.9. The van der Waals surface area contributed by atoms with E-state index < -0.39 is 6.61 Å². The molecule has 0 heterocycles. The SMILES string of the molecule is N#CCc1c(Cl)cc(OC(F)F)cc1Cl. The van der Waals surface area contributed by atoms with Crippen LogP contribution in [0.1, 0.15) is 5.56 Å². The predicted molar refractivity (Wildman–Crippen MR) is 52.4 cm³/mol. The van der Waals surface area contributed by atoms with Crippen LogP contribution in [0.3, 0.4) is 0 Å². The topological polar surface area (TPSA) is 33.0 Å². The smallest absolute Gasteiger partial charge is 0.387 e. The number of hydrogen-bond acceptors (Lipinski definition) is 2.